The molecule has 1 fully saturated rings. The molecular formula is C13H15BrF2N2O2. The van der Waals surface area contributed by atoms with Gasteiger partial charge in [0.15, 0.2) is 0 Å². The van der Waals surface area contributed by atoms with Crippen LogP contribution in [-0.4, -0.2) is 50.2 Å². The minimum atomic E-state index is -0.874. The molecule has 1 N–H and O–H groups in total. The van der Waals surface area contributed by atoms with E-state index >= 15 is 0 Å². The van der Waals surface area contributed by atoms with Gasteiger partial charge < -0.3 is 10.1 Å². The van der Waals surface area contributed by atoms with E-state index in [0.717, 1.165) is 25.2 Å². The van der Waals surface area contributed by atoms with Crippen LogP contribution in [0.4, 0.5) is 8.78 Å². The van der Waals surface area contributed by atoms with E-state index < -0.39 is 23.1 Å². The summed E-state index contributed by atoms with van der Waals surface area (Å²) >= 11 is 2.97. The molecule has 110 valence electrons. The predicted octanol–water partition coefficient (Wildman–Crippen LogP) is 1.79. The minimum absolute atomic E-state index is 0.261. The standard InChI is InChI=1S/C13H15BrF2N2O2/c14-9-7-10(15)12(11(16)8-9)13(19)17-1-2-18-3-5-20-6-4-18/h7-8H,1-6H2,(H,17,19). The Labute approximate surface area is 124 Å². The lowest BCUT2D eigenvalue weighted by Gasteiger charge is -2.26. The Hall–Kier alpha value is -1.05. The van der Waals surface area contributed by atoms with E-state index in [0.29, 0.717) is 26.3 Å². The Bertz CT molecular complexity index is 470. The van der Waals surface area contributed by atoms with Gasteiger partial charge in [-0.25, -0.2) is 8.78 Å². The van der Waals surface area contributed by atoms with Crippen molar-refractivity contribution in [3.8, 4) is 0 Å². The number of hydrogen-bond donors (Lipinski definition) is 1. The number of carbonyl (C=O) groups is 1. The van der Waals surface area contributed by atoms with E-state index in [1.807, 2.05) is 0 Å². The monoisotopic (exact) mass is 348 g/mol. The molecule has 7 heteroatoms. The van der Waals surface area contributed by atoms with Gasteiger partial charge in [-0.15, -0.1) is 0 Å². The van der Waals surface area contributed by atoms with Crippen LogP contribution in [0.2, 0.25) is 0 Å². The molecule has 1 aliphatic rings. The van der Waals surface area contributed by atoms with Gasteiger partial charge in [0.1, 0.15) is 17.2 Å². The zero-order chi connectivity index (χ0) is 14.5. The summed E-state index contributed by atoms with van der Waals surface area (Å²) in [6, 6.07) is 2.14. The molecule has 0 saturated carbocycles. The van der Waals surface area contributed by atoms with E-state index in [1.54, 1.807) is 0 Å². The number of nitrogens with zero attached hydrogens (tertiary/aromatic N) is 1. The zero-order valence-corrected chi connectivity index (χ0v) is 12.4. The topological polar surface area (TPSA) is 41.6 Å². The van der Waals surface area contributed by atoms with Gasteiger partial charge in [-0.1, -0.05) is 15.9 Å². The summed E-state index contributed by atoms with van der Waals surface area (Å²) in [6.07, 6.45) is 0. The van der Waals surface area contributed by atoms with Crippen molar-refractivity contribution in [1.29, 1.82) is 0 Å². The van der Waals surface area contributed by atoms with Crippen LogP contribution in [0.5, 0.6) is 0 Å². The second-order valence-electron chi connectivity index (χ2n) is 4.45. The fraction of sp³-hybridized carbons (Fsp3) is 0.462. The van der Waals surface area contributed by atoms with E-state index in [-0.39, 0.29) is 4.47 Å². The van der Waals surface area contributed by atoms with Crippen molar-refractivity contribution in [3.05, 3.63) is 33.8 Å². The summed E-state index contributed by atoms with van der Waals surface area (Å²) in [4.78, 5) is 13.9. The third-order valence-corrected chi connectivity index (χ3v) is 3.51. The predicted molar refractivity (Wildman–Crippen MR) is 73.7 cm³/mol. The minimum Gasteiger partial charge on any atom is -0.379 e. The SMILES string of the molecule is O=C(NCCN1CCOCC1)c1c(F)cc(Br)cc1F. The van der Waals surface area contributed by atoms with Gasteiger partial charge in [-0.3, -0.25) is 9.69 Å². The van der Waals surface area contributed by atoms with Crippen molar-refractivity contribution < 1.29 is 18.3 Å². The maximum atomic E-state index is 13.6. The van der Waals surface area contributed by atoms with Gasteiger partial charge in [0.05, 0.1) is 13.2 Å². The smallest absolute Gasteiger partial charge is 0.257 e. The van der Waals surface area contributed by atoms with Gasteiger partial charge >= 0.3 is 0 Å². The Morgan fingerprint density at radius 2 is 1.90 bits per heavy atom. The second kappa shape index (κ2) is 7.10. The van der Waals surface area contributed by atoms with Crippen molar-refractivity contribution in [3.63, 3.8) is 0 Å². The molecule has 0 bridgehead atoms. The first-order valence-electron chi connectivity index (χ1n) is 6.31. The summed E-state index contributed by atoms with van der Waals surface area (Å²) < 4.78 is 32.6. The fourth-order valence-corrected chi connectivity index (χ4v) is 2.40. The van der Waals surface area contributed by atoms with Crippen LogP contribution < -0.4 is 5.32 Å². The number of rotatable bonds is 4. The van der Waals surface area contributed by atoms with E-state index in [1.165, 1.54) is 0 Å². The molecule has 1 aromatic rings. The summed E-state index contributed by atoms with van der Waals surface area (Å²) in [7, 11) is 0. The highest BCUT2D eigenvalue weighted by atomic mass is 79.9. The highest BCUT2D eigenvalue weighted by Crippen LogP contribution is 2.19. The number of ether oxygens (including phenoxy) is 1. The molecule has 0 atom stereocenters. The lowest BCUT2D eigenvalue weighted by atomic mass is 10.2. The molecule has 0 aromatic heterocycles. The van der Waals surface area contributed by atoms with E-state index in [2.05, 4.69) is 26.1 Å². The van der Waals surface area contributed by atoms with Crippen molar-refractivity contribution in [2.45, 2.75) is 0 Å². The third kappa shape index (κ3) is 3.97. The van der Waals surface area contributed by atoms with Crippen molar-refractivity contribution in [2.75, 3.05) is 39.4 Å². The fourth-order valence-electron chi connectivity index (χ4n) is 2.00. The summed E-state index contributed by atoms with van der Waals surface area (Å²) in [6.45, 7) is 3.92. The van der Waals surface area contributed by atoms with Gasteiger partial charge in [0, 0.05) is 30.7 Å². The van der Waals surface area contributed by atoms with Crippen LogP contribution >= 0.6 is 15.9 Å². The van der Waals surface area contributed by atoms with Crippen molar-refractivity contribution in [1.82, 2.24) is 10.2 Å². The normalized spacial score (nSPS) is 16.1. The number of nitrogens with one attached hydrogen (secondary N) is 1. The molecule has 1 saturated heterocycles. The van der Waals surface area contributed by atoms with E-state index in [9.17, 15) is 13.6 Å². The molecule has 0 spiro atoms. The number of hydrogen-bond acceptors (Lipinski definition) is 3. The van der Waals surface area contributed by atoms with Crippen LogP contribution in [0.15, 0.2) is 16.6 Å². The molecule has 4 nitrogen and oxygen atoms in total. The third-order valence-electron chi connectivity index (χ3n) is 3.05. The molecule has 0 radical (unpaired) electrons. The van der Waals surface area contributed by atoms with Crippen LogP contribution in [0, 0.1) is 11.6 Å². The molecule has 1 heterocycles. The first kappa shape index (κ1) is 15.3. The lowest BCUT2D eigenvalue weighted by Crippen LogP contribution is -2.41. The molecule has 0 aliphatic carbocycles. The molecule has 0 unspecified atom stereocenters. The van der Waals surface area contributed by atoms with Crippen LogP contribution in [0.25, 0.3) is 0 Å². The second-order valence-corrected chi connectivity index (χ2v) is 5.37. The molecule has 1 amide bonds. The van der Waals surface area contributed by atoms with Crippen LogP contribution in [0.3, 0.4) is 0 Å². The quantitative estimate of drug-likeness (QED) is 0.901. The Kier molecular flexibility index (Phi) is 5.45. The van der Waals surface area contributed by atoms with Crippen LogP contribution in [-0.2, 0) is 4.74 Å². The number of morpholine rings is 1. The summed E-state index contributed by atoms with van der Waals surface area (Å²) in [5.41, 5.74) is -0.546. The average molecular weight is 349 g/mol. The highest BCUT2D eigenvalue weighted by Gasteiger charge is 2.18. The van der Waals surface area contributed by atoms with Gasteiger partial charge in [-0.2, -0.15) is 0 Å². The number of halogens is 3. The average Bonchev–Trinajstić information content (AvgIpc) is 2.38. The first-order valence-corrected chi connectivity index (χ1v) is 7.10. The molecule has 1 aromatic carbocycles. The number of amides is 1. The summed E-state index contributed by atoms with van der Waals surface area (Å²) in [5.74, 6) is -2.48. The maximum Gasteiger partial charge on any atom is 0.257 e. The highest BCUT2D eigenvalue weighted by molar-refractivity contribution is 9.10. The van der Waals surface area contributed by atoms with Gasteiger partial charge in [0.2, 0.25) is 0 Å². The Balaban J connectivity index is 1.88. The molecule has 1 aliphatic heterocycles. The number of carbonyl (C=O) groups excluding carboxylic acids is 1. The van der Waals surface area contributed by atoms with Crippen molar-refractivity contribution >= 4 is 21.8 Å². The van der Waals surface area contributed by atoms with Crippen LogP contribution in [0.1, 0.15) is 10.4 Å². The largest absolute Gasteiger partial charge is 0.379 e. The zero-order valence-electron chi connectivity index (χ0n) is 10.8. The van der Waals surface area contributed by atoms with Gasteiger partial charge in [-0.05, 0) is 12.1 Å². The Morgan fingerprint density at radius 3 is 2.50 bits per heavy atom. The summed E-state index contributed by atoms with van der Waals surface area (Å²) in [5, 5.41) is 2.53. The number of benzene rings is 1. The Morgan fingerprint density at radius 1 is 1.30 bits per heavy atom. The lowest BCUT2D eigenvalue weighted by molar-refractivity contribution is 0.0383. The molecular weight excluding hydrogens is 334 g/mol. The van der Waals surface area contributed by atoms with Gasteiger partial charge in [0.25, 0.3) is 5.91 Å². The first-order chi connectivity index (χ1) is 9.58. The van der Waals surface area contributed by atoms with E-state index in [4.69, 9.17) is 4.74 Å². The molecule has 20 heavy (non-hydrogen) atoms. The molecule has 2 rings (SSSR count). The maximum absolute atomic E-state index is 13.6. The van der Waals surface area contributed by atoms with Crippen molar-refractivity contribution in [2.24, 2.45) is 0 Å².